The Bertz CT molecular complexity index is 671. The van der Waals surface area contributed by atoms with Crippen LogP contribution in [0.3, 0.4) is 0 Å². The maximum absolute atomic E-state index is 12.9. The summed E-state index contributed by atoms with van der Waals surface area (Å²) in [5.41, 5.74) is 1.59. The normalized spacial score (nSPS) is 22.2. The number of hydrogen-bond donors (Lipinski definition) is 2. The zero-order chi connectivity index (χ0) is 17.4. The Kier molecular flexibility index (Phi) is 4.45. The SMILES string of the molecule is CCC(C(=O)O)N1C(=O)NC(CC)(c2ccc(C)c(C)c2)C1=O. The molecule has 1 saturated heterocycles. The molecule has 2 atom stereocenters. The van der Waals surface area contributed by atoms with Crippen molar-refractivity contribution < 1.29 is 19.5 Å². The van der Waals surface area contributed by atoms with Gasteiger partial charge in [-0.05, 0) is 43.4 Å². The number of carbonyl (C=O) groups excluding carboxylic acids is 2. The maximum atomic E-state index is 12.9. The smallest absolute Gasteiger partial charge is 0.326 e. The standard InChI is InChI=1S/C17H22N2O4/c1-5-13(14(20)21)19-15(22)17(6-2,18-16(19)23)12-8-7-10(3)11(4)9-12/h7-9,13H,5-6H2,1-4H3,(H,18,23)(H,20,21). The average Bonchev–Trinajstić information content (AvgIpc) is 2.76. The fourth-order valence-electron chi connectivity index (χ4n) is 2.99. The molecule has 3 amide bonds. The molecule has 1 fully saturated rings. The van der Waals surface area contributed by atoms with Crippen molar-refractivity contribution in [2.24, 2.45) is 0 Å². The van der Waals surface area contributed by atoms with E-state index in [0.29, 0.717) is 12.0 Å². The summed E-state index contributed by atoms with van der Waals surface area (Å²) in [5.74, 6) is -1.68. The molecule has 1 aliphatic heterocycles. The molecule has 1 aliphatic rings. The number of carboxylic acid groups (broad SMARTS) is 1. The van der Waals surface area contributed by atoms with Crippen molar-refractivity contribution in [3.63, 3.8) is 0 Å². The van der Waals surface area contributed by atoms with Crippen LogP contribution in [0.1, 0.15) is 43.4 Å². The van der Waals surface area contributed by atoms with E-state index in [-0.39, 0.29) is 6.42 Å². The van der Waals surface area contributed by atoms with Gasteiger partial charge >= 0.3 is 12.0 Å². The van der Waals surface area contributed by atoms with Gasteiger partial charge in [-0.25, -0.2) is 14.5 Å². The summed E-state index contributed by atoms with van der Waals surface area (Å²) < 4.78 is 0. The van der Waals surface area contributed by atoms with Gasteiger partial charge in [-0.1, -0.05) is 32.0 Å². The third kappa shape index (κ3) is 2.58. The van der Waals surface area contributed by atoms with E-state index >= 15 is 0 Å². The highest BCUT2D eigenvalue weighted by Gasteiger charge is 2.54. The number of nitrogens with zero attached hydrogens (tertiary/aromatic N) is 1. The quantitative estimate of drug-likeness (QED) is 0.816. The number of benzene rings is 1. The number of aliphatic carboxylic acids is 1. The Balaban J connectivity index is 2.52. The number of aryl methyl sites for hydroxylation is 2. The van der Waals surface area contributed by atoms with Gasteiger partial charge in [-0.3, -0.25) is 4.79 Å². The van der Waals surface area contributed by atoms with Crippen LogP contribution < -0.4 is 5.32 Å². The summed E-state index contributed by atoms with van der Waals surface area (Å²) in [6, 6.07) is 3.79. The summed E-state index contributed by atoms with van der Waals surface area (Å²) in [6.07, 6.45) is 0.522. The lowest BCUT2D eigenvalue weighted by atomic mass is 9.85. The second-order valence-electron chi connectivity index (χ2n) is 5.93. The Hall–Kier alpha value is -2.37. The first-order chi connectivity index (χ1) is 10.8. The minimum absolute atomic E-state index is 0.168. The van der Waals surface area contributed by atoms with Gasteiger partial charge in [0.1, 0.15) is 11.6 Å². The van der Waals surface area contributed by atoms with E-state index in [2.05, 4.69) is 5.32 Å². The van der Waals surface area contributed by atoms with E-state index in [4.69, 9.17) is 0 Å². The van der Waals surface area contributed by atoms with Crippen LogP contribution in [0, 0.1) is 13.8 Å². The molecule has 6 heteroatoms. The Morgan fingerprint density at radius 1 is 1.26 bits per heavy atom. The van der Waals surface area contributed by atoms with Crippen molar-refractivity contribution in [2.75, 3.05) is 0 Å². The molecule has 0 bridgehead atoms. The van der Waals surface area contributed by atoms with E-state index in [1.54, 1.807) is 13.8 Å². The molecule has 1 aromatic rings. The molecule has 1 aromatic carbocycles. The zero-order valence-corrected chi connectivity index (χ0v) is 13.8. The molecular formula is C17H22N2O4. The van der Waals surface area contributed by atoms with E-state index in [1.165, 1.54) is 0 Å². The van der Waals surface area contributed by atoms with E-state index < -0.39 is 29.5 Å². The molecule has 0 spiro atoms. The summed E-state index contributed by atoms with van der Waals surface area (Å²) >= 11 is 0. The van der Waals surface area contributed by atoms with Crippen LogP contribution in [-0.2, 0) is 15.1 Å². The zero-order valence-electron chi connectivity index (χ0n) is 13.8. The highest BCUT2D eigenvalue weighted by atomic mass is 16.4. The molecule has 0 radical (unpaired) electrons. The number of urea groups is 1. The first-order valence-corrected chi connectivity index (χ1v) is 7.74. The van der Waals surface area contributed by atoms with Gasteiger partial charge in [-0.2, -0.15) is 0 Å². The summed E-state index contributed by atoms with van der Waals surface area (Å²) in [7, 11) is 0. The van der Waals surface area contributed by atoms with Crippen molar-refractivity contribution in [3.8, 4) is 0 Å². The largest absolute Gasteiger partial charge is 0.480 e. The predicted octanol–water partition coefficient (Wildman–Crippen LogP) is 2.32. The van der Waals surface area contributed by atoms with Gasteiger partial charge < -0.3 is 10.4 Å². The summed E-state index contributed by atoms with van der Waals surface area (Å²) in [5, 5.41) is 12.0. The molecule has 2 rings (SSSR count). The minimum Gasteiger partial charge on any atom is -0.480 e. The molecule has 6 nitrogen and oxygen atoms in total. The lowest BCUT2D eigenvalue weighted by Crippen LogP contribution is -2.47. The highest BCUT2D eigenvalue weighted by molar-refractivity contribution is 6.09. The van der Waals surface area contributed by atoms with Crippen LogP contribution in [0.2, 0.25) is 0 Å². The molecule has 0 aliphatic carbocycles. The number of rotatable bonds is 5. The van der Waals surface area contributed by atoms with Crippen molar-refractivity contribution >= 4 is 17.9 Å². The lowest BCUT2D eigenvalue weighted by Gasteiger charge is -2.27. The second kappa shape index (κ2) is 6.02. The van der Waals surface area contributed by atoms with Crippen molar-refractivity contribution in [2.45, 2.75) is 52.1 Å². The van der Waals surface area contributed by atoms with Crippen LogP contribution in [-0.4, -0.2) is 34.0 Å². The van der Waals surface area contributed by atoms with Gasteiger partial charge in [0.2, 0.25) is 0 Å². The Labute approximate surface area is 135 Å². The first-order valence-electron chi connectivity index (χ1n) is 7.74. The van der Waals surface area contributed by atoms with Gasteiger partial charge in [-0.15, -0.1) is 0 Å². The van der Waals surface area contributed by atoms with Gasteiger partial charge in [0.25, 0.3) is 5.91 Å². The topological polar surface area (TPSA) is 86.7 Å². The fraction of sp³-hybridized carbons (Fsp3) is 0.471. The second-order valence-corrected chi connectivity index (χ2v) is 5.93. The number of amides is 3. The third-order valence-electron chi connectivity index (χ3n) is 4.64. The highest BCUT2D eigenvalue weighted by Crippen LogP contribution is 2.34. The molecule has 0 saturated carbocycles. The van der Waals surface area contributed by atoms with E-state index in [9.17, 15) is 19.5 Å². The maximum Gasteiger partial charge on any atom is 0.326 e. The van der Waals surface area contributed by atoms with E-state index in [1.807, 2.05) is 32.0 Å². The van der Waals surface area contributed by atoms with Crippen LogP contribution in [0.25, 0.3) is 0 Å². The lowest BCUT2D eigenvalue weighted by molar-refractivity contribution is -0.148. The van der Waals surface area contributed by atoms with Crippen LogP contribution in [0.5, 0.6) is 0 Å². The van der Waals surface area contributed by atoms with Crippen molar-refractivity contribution in [3.05, 3.63) is 34.9 Å². The Morgan fingerprint density at radius 3 is 2.39 bits per heavy atom. The summed E-state index contributed by atoms with van der Waals surface area (Å²) in [4.78, 5) is 37.5. The number of nitrogens with one attached hydrogen (secondary N) is 1. The monoisotopic (exact) mass is 318 g/mol. The van der Waals surface area contributed by atoms with Gasteiger partial charge in [0.05, 0.1) is 0 Å². The van der Waals surface area contributed by atoms with Crippen molar-refractivity contribution in [1.29, 1.82) is 0 Å². The molecule has 0 aromatic heterocycles. The Morgan fingerprint density at radius 2 is 1.91 bits per heavy atom. The molecule has 2 unspecified atom stereocenters. The molecule has 2 N–H and O–H groups in total. The predicted molar refractivity (Wildman–Crippen MR) is 85.0 cm³/mol. The van der Waals surface area contributed by atoms with Crippen LogP contribution >= 0.6 is 0 Å². The number of carboxylic acids is 1. The molecule has 1 heterocycles. The average molecular weight is 318 g/mol. The molecule has 23 heavy (non-hydrogen) atoms. The van der Waals surface area contributed by atoms with Crippen LogP contribution in [0.4, 0.5) is 4.79 Å². The molecular weight excluding hydrogens is 296 g/mol. The fourth-order valence-corrected chi connectivity index (χ4v) is 2.99. The van der Waals surface area contributed by atoms with E-state index in [0.717, 1.165) is 16.0 Å². The third-order valence-corrected chi connectivity index (χ3v) is 4.64. The summed E-state index contributed by atoms with van der Waals surface area (Å²) in [6.45, 7) is 7.35. The first kappa shape index (κ1) is 17.0. The van der Waals surface area contributed by atoms with Crippen molar-refractivity contribution in [1.82, 2.24) is 10.2 Å². The minimum atomic E-state index is -1.20. The van der Waals surface area contributed by atoms with Gasteiger partial charge in [0.15, 0.2) is 0 Å². The number of hydrogen-bond acceptors (Lipinski definition) is 3. The van der Waals surface area contributed by atoms with Crippen LogP contribution in [0.15, 0.2) is 18.2 Å². The van der Waals surface area contributed by atoms with Gasteiger partial charge in [0, 0.05) is 0 Å². The molecule has 124 valence electrons. The number of carbonyl (C=O) groups is 3. The number of imide groups is 1.